The van der Waals surface area contributed by atoms with Crippen LogP contribution in [0.1, 0.15) is 62.1 Å². The van der Waals surface area contributed by atoms with E-state index in [1.54, 1.807) is 0 Å². The molecule has 0 bridgehead atoms. The zero-order valence-corrected chi connectivity index (χ0v) is 12.5. The van der Waals surface area contributed by atoms with Gasteiger partial charge in [-0.05, 0) is 37.3 Å². The second-order valence-corrected chi connectivity index (χ2v) is 6.40. The van der Waals surface area contributed by atoms with Crippen LogP contribution in [0.25, 0.3) is 0 Å². The molecule has 2 unspecified atom stereocenters. The second-order valence-electron chi connectivity index (χ2n) is 6.40. The Morgan fingerprint density at radius 3 is 2.75 bits per heavy atom. The van der Waals surface area contributed by atoms with Crippen LogP contribution in [0, 0.1) is 0 Å². The molecule has 0 aliphatic heterocycles. The highest BCUT2D eigenvalue weighted by atomic mass is 16.5. The van der Waals surface area contributed by atoms with E-state index in [1.807, 2.05) is 19.4 Å². The molecule has 2 N–H and O–H groups in total. The van der Waals surface area contributed by atoms with Gasteiger partial charge < -0.3 is 10.5 Å². The molecular formula is C17H26N2O. The van der Waals surface area contributed by atoms with E-state index in [4.69, 9.17) is 10.5 Å². The van der Waals surface area contributed by atoms with Gasteiger partial charge in [0, 0.05) is 31.0 Å². The maximum absolute atomic E-state index is 6.72. The fourth-order valence-corrected chi connectivity index (χ4v) is 4.16. The Bertz CT molecular complexity index is 452. The molecule has 3 nitrogen and oxygen atoms in total. The number of hydrogen-bond acceptors (Lipinski definition) is 3. The van der Waals surface area contributed by atoms with E-state index in [9.17, 15) is 0 Å². The van der Waals surface area contributed by atoms with Crippen LogP contribution in [0.5, 0.6) is 0 Å². The van der Waals surface area contributed by atoms with Crippen LogP contribution in [-0.4, -0.2) is 23.7 Å². The van der Waals surface area contributed by atoms with Gasteiger partial charge in [-0.25, -0.2) is 0 Å². The number of pyridine rings is 1. The van der Waals surface area contributed by atoms with E-state index in [-0.39, 0.29) is 11.6 Å². The Kier molecular flexibility index (Phi) is 4.08. The third-order valence-electron chi connectivity index (χ3n) is 5.40. The SMILES string of the molecule is COC1(C(N)C2CCc3cccnc32)CCCCCC1. The third kappa shape index (κ3) is 2.38. The second kappa shape index (κ2) is 5.82. The summed E-state index contributed by atoms with van der Waals surface area (Å²) in [5, 5.41) is 0. The number of rotatable bonds is 3. The Morgan fingerprint density at radius 1 is 1.30 bits per heavy atom. The molecule has 2 atom stereocenters. The zero-order chi connectivity index (χ0) is 14.0. The van der Waals surface area contributed by atoms with Gasteiger partial charge in [-0.1, -0.05) is 31.7 Å². The number of hydrogen-bond donors (Lipinski definition) is 1. The molecule has 3 rings (SSSR count). The van der Waals surface area contributed by atoms with E-state index in [0.29, 0.717) is 5.92 Å². The molecule has 1 fully saturated rings. The number of nitrogens with two attached hydrogens (primary N) is 1. The molecular weight excluding hydrogens is 248 g/mol. The summed E-state index contributed by atoms with van der Waals surface area (Å²) in [5.74, 6) is 0.365. The number of ether oxygens (including phenoxy) is 1. The summed E-state index contributed by atoms with van der Waals surface area (Å²) < 4.78 is 6.00. The quantitative estimate of drug-likeness (QED) is 0.861. The summed E-state index contributed by atoms with van der Waals surface area (Å²) in [5.41, 5.74) is 9.18. The lowest BCUT2D eigenvalue weighted by Crippen LogP contribution is -2.52. The molecule has 1 saturated carbocycles. The van der Waals surface area contributed by atoms with Gasteiger partial charge in [0.25, 0.3) is 0 Å². The number of nitrogens with zero attached hydrogens (tertiary/aromatic N) is 1. The van der Waals surface area contributed by atoms with E-state index in [1.165, 1.54) is 36.9 Å². The van der Waals surface area contributed by atoms with Crippen molar-refractivity contribution in [1.82, 2.24) is 4.98 Å². The number of methoxy groups -OCH3 is 1. The van der Waals surface area contributed by atoms with Crippen LogP contribution in [0.2, 0.25) is 0 Å². The Morgan fingerprint density at radius 2 is 2.05 bits per heavy atom. The number of fused-ring (bicyclic) bond motifs is 1. The average molecular weight is 274 g/mol. The van der Waals surface area contributed by atoms with Crippen LogP contribution < -0.4 is 5.73 Å². The van der Waals surface area contributed by atoms with Gasteiger partial charge >= 0.3 is 0 Å². The van der Waals surface area contributed by atoms with Gasteiger partial charge in [-0.15, -0.1) is 0 Å². The Labute approximate surface area is 121 Å². The van der Waals surface area contributed by atoms with Crippen molar-refractivity contribution >= 4 is 0 Å². The van der Waals surface area contributed by atoms with Crippen molar-refractivity contribution < 1.29 is 4.74 Å². The highest BCUT2D eigenvalue weighted by Crippen LogP contribution is 2.42. The van der Waals surface area contributed by atoms with Crippen LogP contribution in [0.3, 0.4) is 0 Å². The molecule has 1 aromatic heterocycles. The minimum Gasteiger partial charge on any atom is -0.377 e. The van der Waals surface area contributed by atoms with E-state index < -0.39 is 0 Å². The van der Waals surface area contributed by atoms with Crippen molar-refractivity contribution in [2.75, 3.05) is 7.11 Å². The van der Waals surface area contributed by atoms with E-state index in [0.717, 1.165) is 25.7 Å². The lowest BCUT2D eigenvalue weighted by Gasteiger charge is -2.40. The number of aromatic nitrogens is 1. The smallest absolute Gasteiger partial charge is 0.0835 e. The van der Waals surface area contributed by atoms with Crippen molar-refractivity contribution in [1.29, 1.82) is 0 Å². The van der Waals surface area contributed by atoms with Gasteiger partial charge in [0.15, 0.2) is 0 Å². The molecule has 0 amide bonds. The van der Waals surface area contributed by atoms with E-state index in [2.05, 4.69) is 11.1 Å². The van der Waals surface area contributed by atoms with Crippen molar-refractivity contribution in [2.24, 2.45) is 5.73 Å². The predicted octanol–water partition coefficient (Wildman–Crippen LogP) is 3.18. The monoisotopic (exact) mass is 274 g/mol. The summed E-state index contributed by atoms with van der Waals surface area (Å²) in [7, 11) is 1.85. The highest BCUT2D eigenvalue weighted by Gasteiger charge is 2.43. The van der Waals surface area contributed by atoms with Gasteiger partial charge in [0.1, 0.15) is 0 Å². The molecule has 0 radical (unpaired) electrons. The molecule has 0 spiro atoms. The molecule has 0 aromatic carbocycles. The van der Waals surface area contributed by atoms with Crippen LogP contribution in [0.4, 0.5) is 0 Å². The van der Waals surface area contributed by atoms with Gasteiger partial charge in [0.05, 0.1) is 5.60 Å². The molecule has 3 heteroatoms. The Balaban J connectivity index is 1.86. The minimum absolute atomic E-state index is 0.0711. The fourth-order valence-electron chi connectivity index (χ4n) is 4.16. The van der Waals surface area contributed by atoms with Crippen molar-refractivity contribution in [3.05, 3.63) is 29.6 Å². The first-order valence-corrected chi connectivity index (χ1v) is 8.01. The van der Waals surface area contributed by atoms with Gasteiger partial charge in [-0.2, -0.15) is 0 Å². The molecule has 0 saturated heterocycles. The Hall–Kier alpha value is -0.930. The normalized spacial score (nSPS) is 26.8. The first kappa shape index (κ1) is 14.0. The zero-order valence-electron chi connectivity index (χ0n) is 12.5. The van der Waals surface area contributed by atoms with Gasteiger partial charge in [0.2, 0.25) is 0 Å². The first-order chi connectivity index (χ1) is 9.77. The summed E-state index contributed by atoms with van der Waals surface area (Å²) in [6.45, 7) is 0. The molecule has 2 aliphatic carbocycles. The molecule has 110 valence electrons. The van der Waals surface area contributed by atoms with Crippen LogP contribution >= 0.6 is 0 Å². The van der Waals surface area contributed by atoms with E-state index >= 15 is 0 Å². The largest absolute Gasteiger partial charge is 0.377 e. The summed E-state index contributed by atoms with van der Waals surface area (Å²) in [4.78, 5) is 4.61. The predicted molar refractivity (Wildman–Crippen MR) is 80.7 cm³/mol. The topological polar surface area (TPSA) is 48.1 Å². The number of aryl methyl sites for hydroxylation is 1. The first-order valence-electron chi connectivity index (χ1n) is 8.01. The van der Waals surface area contributed by atoms with Crippen molar-refractivity contribution in [2.45, 2.75) is 68.9 Å². The maximum Gasteiger partial charge on any atom is 0.0835 e. The summed E-state index contributed by atoms with van der Waals surface area (Å²) in [6.07, 6.45) is 11.4. The van der Waals surface area contributed by atoms with Gasteiger partial charge in [-0.3, -0.25) is 4.98 Å². The fraction of sp³-hybridized carbons (Fsp3) is 0.706. The summed E-state index contributed by atoms with van der Waals surface area (Å²) >= 11 is 0. The average Bonchev–Trinajstić information content (AvgIpc) is 2.76. The summed E-state index contributed by atoms with van der Waals surface area (Å²) in [6, 6.07) is 4.30. The van der Waals surface area contributed by atoms with Crippen LogP contribution in [-0.2, 0) is 11.2 Å². The molecule has 1 heterocycles. The third-order valence-corrected chi connectivity index (χ3v) is 5.40. The molecule has 20 heavy (non-hydrogen) atoms. The minimum atomic E-state index is -0.139. The van der Waals surface area contributed by atoms with Crippen molar-refractivity contribution in [3.63, 3.8) is 0 Å². The molecule has 1 aromatic rings. The van der Waals surface area contributed by atoms with Crippen molar-refractivity contribution in [3.8, 4) is 0 Å². The van der Waals surface area contributed by atoms with Crippen LogP contribution in [0.15, 0.2) is 18.3 Å². The maximum atomic E-state index is 6.72. The lowest BCUT2D eigenvalue weighted by molar-refractivity contribution is -0.0496. The lowest BCUT2D eigenvalue weighted by atomic mass is 9.78. The standard InChI is InChI=1S/C17H26N2O/c1-20-17(10-4-2-3-5-11-17)16(18)14-9-8-13-7-6-12-19-15(13)14/h6-7,12,14,16H,2-5,8-11,18H2,1H3. The molecule has 2 aliphatic rings. The highest BCUT2D eigenvalue weighted by molar-refractivity contribution is 5.31.